The number of primary amides is 1. The fraction of sp³-hybridized carbons (Fsp3) is 0.588. The fourth-order valence-corrected chi connectivity index (χ4v) is 2.54. The fourth-order valence-electron chi connectivity index (χ4n) is 2.54. The molecule has 3 amide bonds. The molecule has 0 spiro atoms. The number of carbonyl (C=O) groups is 4. The summed E-state index contributed by atoms with van der Waals surface area (Å²) in [6.45, 7) is 3.83. The first kappa shape index (κ1) is 23.1. The molecule has 28 heavy (non-hydrogen) atoms. The highest BCUT2D eigenvalue weighted by atomic mass is 16.4. The third kappa shape index (κ3) is 8.16. The van der Waals surface area contributed by atoms with Crippen LogP contribution in [0, 0.1) is 5.92 Å². The van der Waals surface area contributed by atoms with E-state index in [2.05, 4.69) is 20.6 Å². The quantitative estimate of drug-likeness (QED) is 0.251. The number of amides is 3. The van der Waals surface area contributed by atoms with Crippen LogP contribution in [-0.4, -0.2) is 56.9 Å². The van der Waals surface area contributed by atoms with Crippen molar-refractivity contribution in [2.75, 3.05) is 0 Å². The third-order valence-corrected chi connectivity index (χ3v) is 3.97. The Balaban J connectivity index is 2.87. The van der Waals surface area contributed by atoms with Crippen LogP contribution >= 0.6 is 0 Å². The van der Waals surface area contributed by atoms with Crippen LogP contribution in [-0.2, 0) is 25.6 Å². The number of carboxylic acid groups (broad SMARTS) is 1. The van der Waals surface area contributed by atoms with Gasteiger partial charge in [0, 0.05) is 24.7 Å². The molecule has 1 heterocycles. The summed E-state index contributed by atoms with van der Waals surface area (Å²) in [4.78, 5) is 53.9. The van der Waals surface area contributed by atoms with Crippen LogP contribution < -0.4 is 22.1 Å². The maximum atomic E-state index is 12.6. The van der Waals surface area contributed by atoms with E-state index in [1.165, 1.54) is 12.5 Å². The van der Waals surface area contributed by atoms with Gasteiger partial charge < -0.3 is 32.2 Å². The number of aromatic amines is 1. The lowest BCUT2D eigenvalue weighted by Gasteiger charge is -2.23. The van der Waals surface area contributed by atoms with Gasteiger partial charge in [0.1, 0.15) is 12.1 Å². The number of imidazole rings is 1. The molecule has 0 fully saturated rings. The van der Waals surface area contributed by atoms with E-state index in [0.29, 0.717) is 12.1 Å². The van der Waals surface area contributed by atoms with E-state index >= 15 is 0 Å². The smallest absolute Gasteiger partial charge is 0.326 e. The van der Waals surface area contributed by atoms with Crippen LogP contribution in [0.5, 0.6) is 0 Å². The minimum absolute atomic E-state index is 0.0636. The average Bonchev–Trinajstić information content (AvgIpc) is 3.09. The summed E-state index contributed by atoms with van der Waals surface area (Å²) in [5, 5.41) is 14.1. The number of hydrogen-bond donors (Lipinski definition) is 6. The van der Waals surface area contributed by atoms with Gasteiger partial charge in [-0.2, -0.15) is 0 Å². The Morgan fingerprint density at radius 1 is 1.18 bits per heavy atom. The molecule has 1 rings (SSSR count). The van der Waals surface area contributed by atoms with Crippen molar-refractivity contribution >= 4 is 23.7 Å². The van der Waals surface area contributed by atoms with Gasteiger partial charge in [-0.15, -0.1) is 0 Å². The van der Waals surface area contributed by atoms with Crippen LogP contribution in [0.25, 0.3) is 0 Å². The second kappa shape index (κ2) is 11.0. The maximum absolute atomic E-state index is 12.6. The number of hydrogen-bond acceptors (Lipinski definition) is 6. The van der Waals surface area contributed by atoms with Crippen molar-refractivity contribution in [2.24, 2.45) is 17.4 Å². The van der Waals surface area contributed by atoms with Crippen molar-refractivity contribution in [1.29, 1.82) is 0 Å². The van der Waals surface area contributed by atoms with Gasteiger partial charge >= 0.3 is 5.97 Å². The lowest BCUT2D eigenvalue weighted by atomic mass is 10.0. The zero-order valence-corrected chi connectivity index (χ0v) is 16.0. The topological polar surface area (TPSA) is 193 Å². The minimum atomic E-state index is -1.31. The predicted molar refractivity (Wildman–Crippen MR) is 99.6 cm³/mol. The van der Waals surface area contributed by atoms with Crippen LogP contribution in [0.3, 0.4) is 0 Å². The zero-order valence-electron chi connectivity index (χ0n) is 16.0. The first-order valence-corrected chi connectivity index (χ1v) is 8.94. The van der Waals surface area contributed by atoms with E-state index in [0.717, 1.165) is 0 Å². The van der Waals surface area contributed by atoms with Gasteiger partial charge in [-0.05, 0) is 18.8 Å². The second-order valence-electron chi connectivity index (χ2n) is 6.98. The van der Waals surface area contributed by atoms with Crippen LogP contribution in [0.2, 0.25) is 0 Å². The molecule has 0 aliphatic rings. The molecule has 8 N–H and O–H groups in total. The van der Waals surface area contributed by atoms with Gasteiger partial charge in [0.25, 0.3) is 0 Å². The van der Waals surface area contributed by atoms with Gasteiger partial charge in [-0.25, -0.2) is 9.78 Å². The van der Waals surface area contributed by atoms with Crippen molar-refractivity contribution < 1.29 is 24.3 Å². The Morgan fingerprint density at radius 2 is 1.82 bits per heavy atom. The molecule has 11 heteroatoms. The lowest BCUT2D eigenvalue weighted by molar-refractivity contribution is -0.142. The standard InChI is InChI=1S/C17H28N6O5/c1-9(2)5-11(18)15(25)23-13(6-10-7-20-8-21-10)16(26)22-12(17(27)28)3-4-14(19)24/h7-9,11-13H,3-6,18H2,1-2H3,(H2,19,24)(H,20,21)(H,22,26)(H,23,25)(H,27,28). The molecule has 3 atom stereocenters. The molecule has 1 aromatic heterocycles. The highest BCUT2D eigenvalue weighted by molar-refractivity contribution is 5.92. The molecule has 3 unspecified atom stereocenters. The van der Waals surface area contributed by atoms with Crippen molar-refractivity contribution in [2.45, 2.75) is 57.7 Å². The minimum Gasteiger partial charge on any atom is -0.480 e. The van der Waals surface area contributed by atoms with Crippen LogP contribution in [0.15, 0.2) is 12.5 Å². The molecule has 1 aromatic rings. The van der Waals surface area contributed by atoms with Gasteiger partial charge in [-0.3, -0.25) is 14.4 Å². The summed E-state index contributed by atoms with van der Waals surface area (Å²) in [6, 6.07) is -3.19. The number of carbonyl (C=O) groups excluding carboxylic acids is 3. The number of aliphatic carboxylic acids is 1. The molecule has 0 radical (unpaired) electrons. The second-order valence-corrected chi connectivity index (χ2v) is 6.98. The Bertz CT molecular complexity index is 676. The van der Waals surface area contributed by atoms with Crippen LogP contribution in [0.4, 0.5) is 0 Å². The van der Waals surface area contributed by atoms with E-state index in [1.807, 2.05) is 13.8 Å². The van der Waals surface area contributed by atoms with Gasteiger partial charge in [-0.1, -0.05) is 13.8 Å². The van der Waals surface area contributed by atoms with E-state index in [-0.39, 0.29) is 25.2 Å². The molecular weight excluding hydrogens is 368 g/mol. The molecule has 0 aliphatic carbocycles. The lowest BCUT2D eigenvalue weighted by Crippen LogP contribution is -2.55. The van der Waals surface area contributed by atoms with E-state index in [1.54, 1.807) is 0 Å². The Kier molecular flexibility index (Phi) is 9.09. The molecule has 0 aromatic carbocycles. The SMILES string of the molecule is CC(C)CC(N)C(=O)NC(Cc1cnc[nH]1)C(=O)NC(CCC(N)=O)C(=O)O. The summed E-state index contributed by atoms with van der Waals surface area (Å²) in [7, 11) is 0. The molecule has 0 saturated heterocycles. The monoisotopic (exact) mass is 396 g/mol. The number of nitrogens with one attached hydrogen (secondary N) is 3. The molecule has 11 nitrogen and oxygen atoms in total. The first-order chi connectivity index (χ1) is 13.1. The van der Waals surface area contributed by atoms with Gasteiger partial charge in [0.2, 0.25) is 17.7 Å². The normalized spacial score (nSPS) is 14.1. The number of nitrogens with two attached hydrogens (primary N) is 2. The van der Waals surface area contributed by atoms with Crippen molar-refractivity contribution in [3.05, 3.63) is 18.2 Å². The average molecular weight is 396 g/mol. The Morgan fingerprint density at radius 3 is 2.32 bits per heavy atom. The van der Waals surface area contributed by atoms with Crippen molar-refractivity contribution in [3.63, 3.8) is 0 Å². The summed E-state index contributed by atoms with van der Waals surface area (Å²) in [5.74, 6) is -3.03. The van der Waals surface area contributed by atoms with Crippen molar-refractivity contribution in [1.82, 2.24) is 20.6 Å². The molecule has 0 bridgehead atoms. The largest absolute Gasteiger partial charge is 0.480 e. The van der Waals surface area contributed by atoms with Crippen molar-refractivity contribution in [3.8, 4) is 0 Å². The third-order valence-electron chi connectivity index (χ3n) is 3.97. The maximum Gasteiger partial charge on any atom is 0.326 e. The van der Waals surface area contributed by atoms with Gasteiger partial charge in [0.05, 0.1) is 12.4 Å². The first-order valence-electron chi connectivity index (χ1n) is 8.94. The summed E-state index contributed by atoms with van der Waals surface area (Å²) >= 11 is 0. The van der Waals surface area contributed by atoms with E-state index < -0.39 is 41.8 Å². The Hall–Kier alpha value is -2.95. The summed E-state index contributed by atoms with van der Waals surface area (Å²) in [6.07, 6.45) is 3.04. The number of carboxylic acids is 1. The number of nitrogens with zero attached hydrogens (tertiary/aromatic N) is 1. The van der Waals surface area contributed by atoms with E-state index in [9.17, 15) is 24.3 Å². The molecular formula is C17H28N6O5. The predicted octanol–water partition coefficient (Wildman–Crippen LogP) is -1.35. The highest BCUT2D eigenvalue weighted by Crippen LogP contribution is 2.06. The van der Waals surface area contributed by atoms with Crippen LogP contribution in [0.1, 0.15) is 38.8 Å². The Labute approximate surface area is 162 Å². The molecule has 156 valence electrons. The molecule has 0 aliphatic heterocycles. The number of rotatable bonds is 12. The molecule has 0 saturated carbocycles. The summed E-state index contributed by atoms with van der Waals surface area (Å²) < 4.78 is 0. The highest BCUT2D eigenvalue weighted by Gasteiger charge is 2.28. The number of aromatic nitrogens is 2. The zero-order chi connectivity index (χ0) is 21.3. The summed E-state index contributed by atoms with van der Waals surface area (Å²) in [5.41, 5.74) is 11.5. The van der Waals surface area contributed by atoms with E-state index in [4.69, 9.17) is 11.5 Å². The van der Waals surface area contributed by atoms with Gasteiger partial charge in [0.15, 0.2) is 0 Å². The number of H-pyrrole nitrogens is 1.